The predicted molar refractivity (Wildman–Crippen MR) is 84.8 cm³/mol. The zero-order chi connectivity index (χ0) is 15.8. The first-order valence-corrected chi connectivity index (χ1v) is 9.44. The predicted octanol–water partition coefficient (Wildman–Crippen LogP) is 3.11. The summed E-state index contributed by atoms with van der Waals surface area (Å²) < 4.78 is 26.8. The molecule has 1 aliphatic rings. The van der Waals surface area contributed by atoms with Crippen molar-refractivity contribution in [3.8, 4) is 0 Å². The Kier molecular flexibility index (Phi) is 4.35. The molecule has 21 heavy (non-hydrogen) atoms. The summed E-state index contributed by atoms with van der Waals surface area (Å²) in [5.74, 6) is -1.05. The number of hydrogen-bond acceptors (Lipinski definition) is 4. The summed E-state index contributed by atoms with van der Waals surface area (Å²) in [7, 11) is -3.51. The van der Waals surface area contributed by atoms with Gasteiger partial charge < -0.3 is 5.11 Å². The minimum absolute atomic E-state index is 0.00186. The van der Waals surface area contributed by atoms with Gasteiger partial charge in [-0.15, -0.1) is 11.3 Å². The topological polar surface area (TPSA) is 83.5 Å². The van der Waals surface area contributed by atoms with Gasteiger partial charge >= 0.3 is 5.97 Å². The van der Waals surface area contributed by atoms with Crippen molar-refractivity contribution in [2.24, 2.45) is 5.41 Å². The number of anilines is 1. The summed E-state index contributed by atoms with van der Waals surface area (Å²) in [6.07, 6.45) is 3.02. The number of fused-ring (bicyclic) bond motifs is 1. The van der Waals surface area contributed by atoms with Crippen molar-refractivity contribution in [2.45, 2.75) is 46.5 Å². The second-order valence-electron chi connectivity index (χ2n) is 6.60. The smallest absolute Gasteiger partial charge is 0.339 e. The van der Waals surface area contributed by atoms with Gasteiger partial charge in [0.25, 0.3) is 0 Å². The highest BCUT2D eigenvalue weighted by Gasteiger charge is 2.28. The van der Waals surface area contributed by atoms with Gasteiger partial charge in [0.15, 0.2) is 0 Å². The number of rotatable bonds is 5. The fraction of sp³-hybridized carbons (Fsp3) is 0.643. The van der Waals surface area contributed by atoms with Gasteiger partial charge in [-0.25, -0.2) is 13.2 Å². The molecule has 0 bridgehead atoms. The number of carbonyl (C=O) groups is 1. The van der Waals surface area contributed by atoms with Gasteiger partial charge in [0.2, 0.25) is 10.0 Å². The molecule has 0 radical (unpaired) electrons. The molecule has 0 amide bonds. The summed E-state index contributed by atoms with van der Waals surface area (Å²) >= 11 is 1.27. The highest BCUT2D eigenvalue weighted by molar-refractivity contribution is 7.92. The molecular formula is C14H21NO4S2. The number of thiophene rings is 1. The first kappa shape index (κ1) is 16.3. The maximum atomic E-state index is 12.2. The van der Waals surface area contributed by atoms with Gasteiger partial charge in [0.1, 0.15) is 5.00 Å². The second-order valence-corrected chi connectivity index (χ2v) is 9.55. The van der Waals surface area contributed by atoms with Crippen LogP contribution in [0.1, 0.15) is 54.4 Å². The van der Waals surface area contributed by atoms with Gasteiger partial charge in [0, 0.05) is 4.88 Å². The Hall–Kier alpha value is -1.08. The van der Waals surface area contributed by atoms with Crippen LogP contribution in [-0.2, 0) is 22.9 Å². The highest BCUT2D eigenvalue weighted by Crippen LogP contribution is 2.39. The average Bonchev–Trinajstić information content (AvgIpc) is 2.84. The fourth-order valence-electron chi connectivity index (χ4n) is 2.34. The van der Waals surface area contributed by atoms with E-state index in [9.17, 15) is 18.3 Å². The lowest BCUT2D eigenvalue weighted by Crippen LogP contribution is -2.21. The van der Waals surface area contributed by atoms with E-state index in [1.807, 2.05) is 20.8 Å². The van der Waals surface area contributed by atoms with E-state index in [0.29, 0.717) is 6.42 Å². The van der Waals surface area contributed by atoms with E-state index in [4.69, 9.17) is 0 Å². The van der Waals surface area contributed by atoms with Crippen LogP contribution in [0.2, 0.25) is 0 Å². The summed E-state index contributed by atoms with van der Waals surface area (Å²) in [6, 6.07) is 0. The molecule has 1 aromatic rings. The molecule has 0 aliphatic heterocycles. The first-order valence-electron chi connectivity index (χ1n) is 6.97. The number of aromatic carboxylic acids is 1. The van der Waals surface area contributed by atoms with Gasteiger partial charge in [-0.1, -0.05) is 20.8 Å². The van der Waals surface area contributed by atoms with Crippen molar-refractivity contribution >= 4 is 32.3 Å². The van der Waals surface area contributed by atoms with Gasteiger partial charge in [-0.05, 0) is 36.7 Å². The van der Waals surface area contributed by atoms with E-state index in [1.54, 1.807) is 0 Å². The zero-order valence-electron chi connectivity index (χ0n) is 12.5. The quantitative estimate of drug-likeness (QED) is 0.868. The Balaban J connectivity index is 2.22. The van der Waals surface area contributed by atoms with E-state index in [2.05, 4.69) is 4.72 Å². The molecule has 0 aromatic carbocycles. The van der Waals surface area contributed by atoms with Crippen LogP contribution in [0.25, 0.3) is 0 Å². The highest BCUT2D eigenvalue weighted by atomic mass is 32.2. The van der Waals surface area contributed by atoms with Crippen LogP contribution in [0.3, 0.4) is 0 Å². The fourth-order valence-corrected chi connectivity index (χ4v) is 5.38. The van der Waals surface area contributed by atoms with Crippen molar-refractivity contribution in [3.63, 3.8) is 0 Å². The lowest BCUT2D eigenvalue weighted by molar-refractivity contribution is 0.0697. The Morgan fingerprint density at radius 3 is 2.57 bits per heavy atom. The molecule has 0 unspecified atom stereocenters. The SMILES string of the molecule is CC(C)(C)CCS(=O)(=O)Nc1sc2c(c1C(=O)O)CCC2. The molecule has 1 aromatic heterocycles. The van der Waals surface area contributed by atoms with Crippen molar-refractivity contribution in [3.05, 3.63) is 16.0 Å². The molecule has 0 saturated heterocycles. The number of hydrogen-bond donors (Lipinski definition) is 2. The molecule has 0 atom stereocenters. The van der Waals surface area contributed by atoms with E-state index in [1.165, 1.54) is 11.3 Å². The molecule has 2 N–H and O–H groups in total. The Labute approximate surface area is 129 Å². The lowest BCUT2D eigenvalue weighted by atomic mass is 9.94. The standard InChI is InChI=1S/C14H21NO4S2/c1-14(2,3)7-8-21(18,19)15-12-11(13(16)17)9-5-4-6-10(9)20-12/h15H,4-8H2,1-3H3,(H,16,17). The maximum absolute atomic E-state index is 12.2. The van der Waals surface area contributed by atoms with Crippen LogP contribution in [0, 0.1) is 5.41 Å². The number of carboxylic acids is 1. The van der Waals surface area contributed by atoms with Crippen LogP contribution in [-0.4, -0.2) is 25.2 Å². The van der Waals surface area contributed by atoms with Crippen LogP contribution >= 0.6 is 11.3 Å². The van der Waals surface area contributed by atoms with Crippen molar-refractivity contribution in [1.29, 1.82) is 0 Å². The Morgan fingerprint density at radius 2 is 2.00 bits per heavy atom. The van der Waals surface area contributed by atoms with Crippen LogP contribution in [0.5, 0.6) is 0 Å². The third kappa shape index (κ3) is 3.97. The monoisotopic (exact) mass is 331 g/mol. The van der Waals surface area contributed by atoms with Crippen molar-refractivity contribution in [1.82, 2.24) is 0 Å². The molecular weight excluding hydrogens is 310 g/mol. The molecule has 1 aliphatic carbocycles. The first-order chi connectivity index (χ1) is 9.59. The minimum atomic E-state index is -3.51. The molecule has 2 rings (SSSR count). The zero-order valence-corrected chi connectivity index (χ0v) is 14.2. The number of aryl methyl sites for hydroxylation is 1. The summed E-state index contributed by atoms with van der Waals surface area (Å²) in [6.45, 7) is 5.93. The molecule has 0 saturated carbocycles. The molecule has 0 fully saturated rings. The number of nitrogens with one attached hydrogen (secondary N) is 1. The van der Waals surface area contributed by atoms with Gasteiger partial charge in [0.05, 0.1) is 11.3 Å². The largest absolute Gasteiger partial charge is 0.478 e. The van der Waals surface area contributed by atoms with Gasteiger partial charge in [-0.3, -0.25) is 4.72 Å². The molecule has 1 heterocycles. The molecule has 0 spiro atoms. The molecule has 7 heteroatoms. The Morgan fingerprint density at radius 1 is 1.33 bits per heavy atom. The van der Waals surface area contributed by atoms with Crippen LogP contribution in [0.4, 0.5) is 5.00 Å². The molecule has 5 nitrogen and oxygen atoms in total. The molecule has 118 valence electrons. The normalized spacial score (nSPS) is 15.0. The average molecular weight is 331 g/mol. The number of sulfonamides is 1. The second kappa shape index (κ2) is 5.61. The number of carboxylic acid groups (broad SMARTS) is 1. The van der Waals surface area contributed by atoms with Gasteiger partial charge in [-0.2, -0.15) is 0 Å². The van der Waals surface area contributed by atoms with Crippen molar-refractivity contribution in [2.75, 3.05) is 10.5 Å². The lowest BCUT2D eigenvalue weighted by Gasteiger charge is -2.18. The van der Waals surface area contributed by atoms with E-state index in [-0.39, 0.29) is 21.7 Å². The van der Waals surface area contributed by atoms with Crippen molar-refractivity contribution < 1.29 is 18.3 Å². The summed E-state index contributed by atoms with van der Waals surface area (Å²) in [4.78, 5) is 12.4. The maximum Gasteiger partial charge on any atom is 0.339 e. The van der Waals surface area contributed by atoms with E-state index < -0.39 is 16.0 Å². The van der Waals surface area contributed by atoms with E-state index >= 15 is 0 Å². The van der Waals surface area contributed by atoms with Crippen LogP contribution in [0.15, 0.2) is 0 Å². The van der Waals surface area contributed by atoms with E-state index in [0.717, 1.165) is 29.7 Å². The summed E-state index contributed by atoms with van der Waals surface area (Å²) in [5.41, 5.74) is 0.870. The third-order valence-electron chi connectivity index (χ3n) is 3.50. The van der Waals surface area contributed by atoms with Crippen LogP contribution < -0.4 is 4.72 Å². The Bertz CT molecular complexity index is 653. The minimum Gasteiger partial charge on any atom is -0.478 e. The third-order valence-corrected chi connectivity index (χ3v) is 6.10. The summed E-state index contributed by atoms with van der Waals surface area (Å²) in [5, 5.41) is 9.61.